The van der Waals surface area contributed by atoms with Crippen LogP contribution in [0.15, 0.2) is 18.2 Å². The van der Waals surface area contributed by atoms with Gasteiger partial charge in [-0.15, -0.1) is 0 Å². The number of hydrogen-bond acceptors (Lipinski definition) is 4. The fourth-order valence-corrected chi connectivity index (χ4v) is 3.11. The first-order valence-electron chi connectivity index (χ1n) is 8.30. The number of carbonyl (C=O) groups is 1. The number of nitrogens with one attached hydrogen (secondary N) is 1. The zero-order valence-corrected chi connectivity index (χ0v) is 14.0. The Kier molecular flexibility index (Phi) is 6.71. The number of methoxy groups -OCH3 is 2. The molecule has 1 unspecified atom stereocenters. The Hall–Kier alpha value is -1.75. The summed E-state index contributed by atoms with van der Waals surface area (Å²) in [6, 6.07) is 5.26. The number of hydrogen-bond donors (Lipinski definition) is 2. The lowest BCUT2D eigenvalue weighted by molar-refractivity contribution is -0.122. The van der Waals surface area contributed by atoms with Crippen molar-refractivity contribution in [2.45, 2.75) is 44.6 Å². The molecule has 0 saturated heterocycles. The molecule has 0 aliphatic heterocycles. The van der Waals surface area contributed by atoms with Gasteiger partial charge in [0.05, 0.1) is 20.3 Å². The molecule has 5 heteroatoms. The molecule has 0 bridgehead atoms. The first-order chi connectivity index (χ1) is 11.1. The molecule has 0 heterocycles. The Balaban J connectivity index is 1.83. The minimum Gasteiger partial charge on any atom is -0.493 e. The minimum absolute atomic E-state index is 0.0245. The van der Waals surface area contributed by atoms with Crippen LogP contribution in [0.1, 0.15) is 50.2 Å². The summed E-state index contributed by atoms with van der Waals surface area (Å²) in [4.78, 5) is 12.0. The van der Waals surface area contributed by atoms with Gasteiger partial charge in [0, 0.05) is 13.0 Å². The molecular weight excluding hydrogens is 294 g/mol. The van der Waals surface area contributed by atoms with Crippen LogP contribution in [0, 0.1) is 5.92 Å². The molecule has 1 fully saturated rings. The summed E-state index contributed by atoms with van der Waals surface area (Å²) in [6.07, 6.45) is 5.84. The predicted molar refractivity (Wildman–Crippen MR) is 88.7 cm³/mol. The molecule has 0 aromatic heterocycles. The standard InChI is InChI=1S/C18H27NO4/c1-22-16-9-8-14(11-17(16)23-2)15(20)12-19-18(21)10-13-6-4-3-5-7-13/h8-9,11,13,15,20H,3-7,10,12H2,1-2H3,(H,19,21). The Morgan fingerprint density at radius 2 is 1.91 bits per heavy atom. The van der Waals surface area contributed by atoms with Crippen molar-refractivity contribution in [3.63, 3.8) is 0 Å². The van der Waals surface area contributed by atoms with E-state index in [4.69, 9.17) is 9.47 Å². The minimum atomic E-state index is -0.759. The van der Waals surface area contributed by atoms with Crippen LogP contribution >= 0.6 is 0 Å². The topological polar surface area (TPSA) is 67.8 Å². The van der Waals surface area contributed by atoms with Crippen LogP contribution in [0.5, 0.6) is 11.5 Å². The molecule has 2 rings (SSSR count). The van der Waals surface area contributed by atoms with Crippen molar-refractivity contribution in [2.24, 2.45) is 5.92 Å². The van der Waals surface area contributed by atoms with Crippen molar-refractivity contribution in [1.29, 1.82) is 0 Å². The highest BCUT2D eigenvalue weighted by atomic mass is 16.5. The van der Waals surface area contributed by atoms with Gasteiger partial charge in [-0.2, -0.15) is 0 Å². The number of rotatable bonds is 7. The summed E-state index contributed by atoms with van der Waals surface area (Å²) in [5.74, 6) is 1.71. The summed E-state index contributed by atoms with van der Waals surface area (Å²) < 4.78 is 10.4. The van der Waals surface area contributed by atoms with Gasteiger partial charge in [0.25, 0.3) is 0 Å². The fraction of sp³-hybridized carbons (Fsp3) is 0.611. The summed E-state index contributed by atoms with van der Waals surface area (Å²) in [6.45, 7) is 0.209. The first-order valence-corrected chi connectivity index (χ1v) is 8.30. The van der Waals surface area contributed by atoms with Crippen LogP contribution in [0.25, 0.3) is 0 Å². The Bertz CT molecular complexity index is 512. The Morgan fingerprint density at radius 1 is 1.22 bits per heavy atom. The first kappa shape index (κ1) is 17.6. The van der Waals surface area contributed by atoms with E-state index >= 15 is 0 Å². The number of aliphatic hydroxyl groups excluding tert-OH is 1. The molecule has 0 radical (unpaired) electrons. The molecule has 1 aromatic rings. The van der Waals surface area contributed by atoms with Crippen LogP contribution in [0.4, 0.5) is 0 Å². The molecular formula is C18H27NO4. The molecule has 23 heavy (non-hydrogen) atoms. The zero-order chi connectivity index (χ0) is 16.7. The largest absolute Gasteiger partial charge is 0.493 e. The van der Waals surface area contributed by atoms with Gasteiger partial charge in [0.2, 0.25) is 5.91 Å². The van der Waals surface area contributed by atoms with Crippen LogP contribution in [-0.2, 0) is 4.79 Å². The third-order valence-corrected chi connectivity index (χ3v) is 4.48. The highest BCUT2D eigenvalue weighted by molar-refractivity contribution is 5.76. The summed E-state index contributed by atoms with van der Waals surface area (Å²) in [5, 5.41) is 13.1. The number of amides is 1. The van der Waals surface area contributed by atoms with Gasteiger partial charge >= 0.3 is 0 Å². The summed E-state index contributed by atoms with van der Waals surface area (Å²) in [5.41, 5.74) is 0.695. The fourth-order valence-electron chi connectivity index (χ4n) is 3.11. The van der Waals surface area contributed by atoms with E-state index in [1.807, 2.05) is 0 Å². The van der Waals surface area contributed by atoms with Crippen molar-refractivity contribution in [3.05, 3.63) is 23.8 Å². The van der Waals surface area contributed by atoms with E-state index in [0.717, 1.165) is 12.8 Å². The summed E-state index contributed by atoms with van der Waals surface area (Å²) in [7, 11) is 3.12. The highest BCUT2D eigenvalue weighted by Gasteiger charge is 2.18. The number of aliphatic hydroxyl groups is 1. The van der Waals surface area contributed by atoms with Crippen molar-refractivity contribution in [3.8, 4) is 11.5 Å². The van der Waals surface area contributed by atoms with E-state index in [0.29, 0.717) is 29.4 Å². The molecule has 1 atom stereocenters. The zero-order valence-electron chi connectivity index (χ0n) is 14.0. The number of ether oxygens (including phenoxy) is 2. The molecule has 1 saturated carbocycles. The molecule has 1 aromatic carbocycles. The van der Waals surface area contributed by atoms with Gasteiger partial charge in [-0.1, -0.05) is 25.3 Å². The van der Waals surface area contributed by atoms with Gasteiger partial charge in [-0.3, -0.25) is 4.79 Å². The van der Waals surface area contributed by atoms with Crippen LogP contribution < -0.4 is 14.8 Å². The molecule has 2 N–H and O–H groups in total. The average molecular weight is 321 g/mol. The third kappa shape index (κ3) is 5.13. The van der Waals surface area contributed by atoms with Crippen LogP contribution in [0.2, 0.25) is 0 Å². The van der Waals surface area contributed by atoms with E-state index in [1.165, 1.54) is 19.3 Å². The second-order valence-electron chi connectivity index (χ2n) is 6.14. The van der Waals surface area contributed by atoms with Crippen molar-refractivity contribution in [2.75, 3.05) is 20.8 Å². The lowest BCUT2D eigenvalue weighted by Crippen LogP contribution is -2.30. The monoisotopic (exact) mass is 321 g/mol. The smallest absolute Gasteiger partial charge is 0.220 e. The summed E-state index contributed by atoms with van der Waals surface area (Å²) >= 11 is 0. The Morgan fingerprint density at radius 3 is 2.57 bits per heavy atom. The van der Waals surface area contributed by atoms with E-state index in [-0.39, 0.29) is 12.5 Å². The SMILES string of the molecule is COc1ccc(C(O)CNC(=O)CC2CCCCC2)cc1OC. The molecule has 128 valence electrons. The second-order valence-corrected chi connectivity index (χ2v) is 6.14. The second kappa shape index (κ2) is 8.77. The van der Waals surface area contributed by atoms with E-state index in [1.54, 1.807) is 32.4 Å². The van der Waals surface area contributed by atoms with Gasteiger partial charge in [-0.05, 0) is 36.5 Å². The quantitative estimate of drug-likeness (QED) is 0.810. The van der Waals surface area contributed by atoms with Gasteiger partial charge in [0.15, 0.2) is 11.5 Å². The van der Waals surface area contributed by atoms with Crippen LogP contribution in [-0.4, -0.2) is 31.8 Å². The predicted octanol–water partition coefficient (Wildman–Crippen LogP) is 2.82. The molecule has 1 amide bonds. The van der Waals surface area contributed by atoms with Crippen molar-refractivity contribution < 1.29 is 19.4 Å². The maximum absolute atomic E-state index is 12.0. The lowest BCUT2D eigenvalue weighted by atomic mass is 9.87. The average Bonchev–Trinajstić information content (AvgIpc) is 2.59. The lowest BCUT2D eigenvalue weighted by Gasteiger charge is -2.21. The van der Waals surface area contributed by atoms with E-state index in [2.05, 4.69) is 5.32 Å². The maximum atomic E-state index is 12.0. The molecule has 5 nitrogen and oxygen atoms in total. The molecule has 1 aliphatic rings. The molecule has 1 aliphatic carbocycles. The van der Waals surface area contributed by atoms with Gasteiger partial charge in [-0.25, -0.2) is 0 Å². The van der Waals surface area contributed by atoms with Gasteiger partial charge < -0.3 is 19.9 Å². The maximum Gasteiger partial charge on any atom is 0.220 e. The van der Waals surface area contributed by atoms with Crippen molar-refractivity contribution in [1.82, 2.24) is 5.32 Å². The Labute approximate surface area is 138 Å². The number of carbonyl (C=O) groups excluding carboxylic acids is 1. The van der Waals surface area contributed by atoms with E-state index < -0.39 is 6.10 Å². The highest BCUT2D eigenvalue weighted by Crippen LogP contribution is 2.30. The van der Waals surface area contributed by atoms with E-state index in [9.17, 15) is 9.90 Å². The molecule has 0 spiro atoms. The van der Waals surface area contributed by atoms with Crippen LogP contribution in [0.3, 0.4) is 0 Å². The number of benzene rings is 1. The van der Waals surface area contributed by atoms with Crippen molar-refractivity contribution >= 4 is 5.91 Å². The van der Waals surface area contributed by atoms with Gasteiger partial charge in [0.1, 0.15) is 0 Å². The normalized spacial score (nSPS) is 16.7. The third-order valence-electron chi connectivity index (χ3n) is 4.48.